The smallest absolute Gasteiger partial charge is 0.192 e. The maximum absolute atomic E-state index is 7.33. The summed E-state index contributed by atoms with van der Waals surface area (Å²) < 4.78 is 0. The SMILES string of the molecule is Cc1cnc(Sc2ccc(C(=N)N)cc2Cl)nc1. The number of halogens is 1. The third-order valence-electron chi connectivity index (χ3n) is 2.20. The molecule has 0 aliphatic carbocycles. The molecule has 1 aromatic carbocycles. The number of aryl methyl sites for hydroxylation is 1. The Hall–Kier alpha value is -1.59. The van der Waals surface area contributed by atoms with E-state index < -0.39 is 0 Å². The van der Waals surface area contributed by atoms with Crippen molar-refractivity contribution in [2.75, 3.05) is 0 Å². The van der Waals surface area contributed by atoms with E-state index in [-0.39, 0.29) is 5.84 Å². The van der Waals surface area contributed by atoms with E-state index in [1.54, 1.807) is 24.5 Å². The number of amidine groups is 1. The van der Waals surface area contributed by atoms with E-state index in [0.29, 0.717) is 15.7 Å². The fourth-order valence-electron chi connectivity index (χ4n) is 1.28. The van der Waals surface area contributed by atoms with Crippen molar-refractivity contribution < 1.29 is 0 Å². The van der Waals surface area contributed by atoms with E-state index in [2.05, 4.69) is 9.97 Å². The van der Waals surface area contributed by atoms with Crippen molar-refractivity contribution in [2.45, 2.75) is 17.0 Å². The summed E-state index contributed by atoms with van der Waals surface area (Å²) in [6.45, 7) is 1.93. The molecular weight excluding hydrogens is 268 g/mol. The number of hydrogen-bond donors (Lipinski definition) is 2. The molecule has 0 atom stereocenters. The van der Waals surface area contributed by atoms with Gasteiger partial charge in [0.2, 0.25) is 0 Å². The molecule has 0 saturated heterocycles. The lowest BCUT2D eigenvalue weighted by Gasteiger charge is -2.05. The Morgan fingerprint density at radius 1 is 1.33 bits per heavy atom. The van der Waals surface area contributed by atoms with Gasteiger partial charge in [-0.2, -0.15) is 0 Å². The number of benzene rings is 1. The van der Waals surface area contributed by atoms with Crippen LogP contribution in [0.2, 0.25) is 5.02 Å². The van der Waals surface area contributed by atoms with E-state index in [1.165, 1.54) is 11.8 Å². The molecule has 0 fully saturated rings. The number of nitrogen functional groups attached to an aromatic ring is 1. The second-order valence-electron chi connectivity index (χ2n) is 3.70. The molecule has 0 spiro atoms. The van der Waals surface area contributed by atoms with Gasteiger partial charge in [0, 0.05) is 22.9 Å². The van der Waals surface area contributed by atoms with Crippen molar-refractivity contribution >= 4 is 29.2 Å². The van der Waals surface area contributed by atoms with E-state index in [9.17, 15) is 0 Å². The second kappa shape index (κ2) is 5.37. The zero-order chi connectivity index (χ0) is 13.1. The standard InChI is InChI=1S/C12H11ClN4S/c1-7-5-16-12(17-6-7)18-10-3-2-8(11(14)15)4-9(10)13/h2-6H,1H3,(H3,14,15). The van der Waals surface area contributed by atoms with Crippen LogP contribution in [0, 0.1) is 12.3 Å². The molecule has 0 radical (unpaired) electrons. The van der Waals surface area contributed by atoms with E-state index in [0.717, 1.165) is 10.5 Å². The highest BCUT2D eigenvalue weighted by Crippen LogP contribution is 2.31. The lowest BCUT2D eigenvalue weighted by atomic mass is 10.2. The summed E-state index contributed by atoms with van der Waals surface area (Å²) >= 11 is 7.50. The molecule has 18 heavy (non-hydrogen) atoms. The minimum atomic E-state index is 0.0000332. The first-order valence-corrected chi connectivity index (χ1v) is 6.36. The number of nitrogens with zero attached hydrogens (tertiary/aromatic N) is 2. The van der Waals surface area contributed by atoms with Crippen LogP contribution in [-0.4, -0.2) is 15.8 Å². The Kier molecular flexibility index (Phi) is 3.84. The lowest BCUT2D eigenvalue weighted by molar-refractivity contribution is 0.950. The van der Waals surface area contributed by atoms with Crippen LogP contribution in [0.25, 0.3) is 0 Å². The quantitative estimate of drug-likeness (QED) is 0.514. The first-order valence-electron chi connectivity index (χ1n) is 5.16. The summed E-state index contributed by atoms with van der Waals surface area (Å²) in [6.07, 6.45) is 3.51. The van der Waals surface area contributed by atoms with E-state index in [4.69, 9.17) is 22.7 Å². The monoisotopic (exact) mass is 278 g/mol. The van der Waals surface area contributed by atoms with Crippen molar-refractivity contribution in [3.8, 4) is 0 Å². The lowest BCUT2D eigenvalue weighted by Crippen LogP contribution is -2.10. The third-order valence-corrected chi connectivity index (χ3v) is 3.60. The Labute approximate surface area is 114 Å². The Balaban J connectivity index is 2.24. The number of nitrogens with one attached hydrogen (secondary N) is 1. The highest BCUT2D eigenvalue weighted by Gasteiger charge is 2.07. The predicted octanol–water partition coefficient (Wildman–Crippen LogP) is 2.87. The molecular formula is C12H11ClN4S. The highest BCUT2D eigenvalue weighted by molar-refractivity contribution is 7.99. The van der Waals surface area contributed by atoms with Gasteiger partial charge in [-0.25, -0.2) is 9.97 Å². The fraction of sp³-hybridized carbons (Fsp3) is 0.0833. The van der Waals surface area contributed by atoms with Crippen molar-refractivity contribution in [3.05, 3.63) is 46.7 Å². The first-order chi connectivity index (χ1) is 8.56. The number of nitrogens with two attached hydrogens (primary N) is 1. The second-order valence-corrected chi connectivity index (χ2v) is 5.12. The van der Waals surface area contributed by atoms with Gasteiger partial charge in [-0.05, 0) is 36.4 Å². The van der Waals surface area contributed by atoms with Gasteiger partial charge in [-0.15, -0.1) is 0 Å². The van der Waals surface area contributed by atoms with Gasteiger partial charge in [-0.3, -0.25) is 5.41 Å². The summed E-state index contributed by atoms with van der Waals surface area (Å²) in [5.74, 6) is 0.0000332. The summed E-state index contributed by atoms with van der Waals surface area (Å²) in [5.41, 5.74) is 7.01. The van der Waals surface area contributed by atoms with Crippen LogP contribution in [0.15, 0.2) is 40.6 Å². The normalized spacial score (nSPS) is 10.3. The van der Waals surface area contributed by atoms with Gasteiger partial charge in [0.25, 0.3) is 0 Å². The molecule has 6 heteroatoms. The van der Waals surface area contributed by atoms with Gasteiger partial charge >= 0.3 is 0 Å². The molecule has 92 valence electrons. The Bertz CT molecular complexity index is 583. The number of aromatic nitrogens is 2. The molecule has 3 N–H and O–H groups in total. The predicted molar refractivity (Wildman–Crippen MR) is 73.4 cm³/mol. The molecule has 0 aliphatic heterocycles. The average molecular weight is 279 g/mol. The van der Waals surface area contributed by atoms with Crippen LogP contribution < -0.4 is 5.73 Å². The van der Waals surface area contributed by atoms with Crippen LogP contribution in [0.3, 0.4) is 0 Å². The molecule has 0 bridgehead atoms. The molecule has 4 nitrogen and oxygen atoms in total. The highest BCUT2D eigenvalue weighted by atomic mass is 35.5. The minimum absolute atomic E-state index is 0.0000332. The van der Waals surface area contributed by atoms with Gasteiger partial charge in [-0.1, -0.05) is 17.7 Å². The van der Waals surface area contributed by atoms with Gasteiger partial charge < -0.3 is 5.73 Å². The van der Waals surface area contributed by atoms with Crippen molar-refractivity contribution in [1.82, 2.24) is 9.97 Å². The minimum Gasteiger partial charge on any atom is -0.384 e. The maximum atomic E-state index is 7.33. The molecule has 0 unspecified atom stereocenters. The van der Waals surface area contributed by atoms with E-state index in [1.807, 2.05) is 13.0 Å². The van der Waals surface area contributed by atoms with Crippen LogP contribution in [0.4, 0.5) is 0 Å². The molecule has 1 heterocycles. The van der Waals surface area contributed by atoms with Gasteiger partial charge in [0.05, 0.1) is 5.02 Å². The van der Waals surface area contributed by atoms with Crippen molar-refractivity contribution in [1.29, 1.82) is 5.41 Å². The maximum Gasteiger partial charge on any atom is 0.192 e. The summed E-state index contributed by atoms with van der Waals surface area (Å²) in [4.78, 5) is 9.24. The largest absolute Gasteiger partial charge is 0.384 e. The summed E-state index contributed by atoms with van der Waals surface area (Å²) in [6, 6.07) is 5.23. The fourth-order valence-corrected chi connectivity index (χ4v) is 2.28. The Morgan fingerprint density at radius 3 is 2.56 bits per heavy atom. The van der Waals surface area contributed by atoms with Crippen molar-refractivity contribution in [2.24, 2.45) is 5.73 Å². The van der Waals surface area contributed by atoms with Crippen LogP contribution in [0.5, 0.6) is 0 Å². The molecule has 2 rings (SSSR count). The molecule has 0 saturated carbocycles. The van der Waals surface area contributed by atoms with Crippen molar-refractivity contribution in [3.63, 3.8) is 0 Å². The average Bonchev–Trinajstić information content (AvgIpc) is 2.34. The van der Waals surface area contributed by atoms with Crippen LogP contribution >= 0.6 is 23.4 Å². The molecule has 1 aromatic heterocycles. The summed E-state index contributed by atoms with van der Waals surface area (Å²) in [5, 5.41) is 8.51. The van der Waals surface area contributed by atoms with Crippen LogP contribution in [-0.2, 0) is 0 Å². The molecule has 0 amide bonds. The zero-order valence-corrected chi connectivity index (χ0v) is 11.2. The third kappa shape index (κ3) is 3.00. The van der Waals surface area contributed by atoms with E-state index >= 15 is 0 Å². The first kappa shape index (κ1) is 12.9. The number of rotatable bonds is 3. The van der Waals surface area contributed by atoms with Gasteiger partial charge in [0.15, 0.2) is 5.16 Å². The topological polar surface area (TPSA) is 75.7 Å². The molecule has 2 aromatic rings. The Morgan fingerprint density at radius 2 is 2.00 bits per heavy atom. The summed E-state index contributed by atoms with van der Waals surface area (Å²) in [7, 11) is 0. The zero-order valence-electron chi connectivity index (χ0n) is 9.64. The van der Waals surface area contributed by atoms with Gasteiger partial charge in [0.1, 0.15) is 5.84 Å². The number of hydrogen-bond acceptors (Lipinski definition) is 4. The van der Waals surface area contributed by atoms with Crippen LogP contribution in [0.1, 0.15) is 11.1 Å². The molecule has 0 aliphatic rings.